The third kappa shape index (κ3) is 2.33. The third-order valence-corrected chi connectivity index (χ3v) is 5.97. The van der Waals surface area contributed by atoms with Gasteiger partial charge in [-0.05, 0) is 24.0 Å². The summed E-state index contributed by atoms with van der Waals surface area (Å²) in [6.45, 7) is 2.14. The zero-order valence-electron chi connectivity index (χ0n) is 14.4. The van der Waals surface area contributed by atoms with Crippen LogP contribution in [0, 0.1) is 11.8 Å². The third-order valence-electron chi connectivity index (χ3n) is 5.97. The number of aromatic nitrogens is 1. The van der Waals surface area contributed by atoms with Crippen LogP contribution in [-0.2, 0) is 6.42 Å². The highest BCUT2D eigenvalue weighted by Gasteiger charge is 2.53. The fourth-order valence-corrected chi connectivity index (χ4v) is 4.38. The summed E-state index contributed by atoms with van der Waals surface area (Å²) in [6.07, 6.45) is 0.297. The molecule has 8 heteroatoms. The number of fused-ring (bicyclic) bond motifs is 4. The first-order valence-corrected chi connectivity index (χ1v) is 8.95. The van der Waals surface area contributed by atoms with Crippen LogP contribution in [0.15, 0.2) is 23.0 Å². The van der Waals surface area contributed by atoms with Crippen LogP contribution < -0.4 is 20.9 Å². The Labute approximate surface area is 154 Å². The van der Waals surface area contributed by atoms with E-state index in [1.54, 1.807) is 0 Å². The minimum Gasteiger partial charge on any atom is -0.506 e. The number of carboxylic acids is 1. The molecular weight excluding hydrogens is 350 g/mol. The van der Waals surface area contributed by atoms with Crippen molar-refractivity contribution in [3.8, 4) is 22.8 Å². The molecule has 2 fully saturated rings. The van der Waals surface area contributed by atoms with Crippen LogP contribution in [0.3, 0.4) is 0 Å². The molecule has 5 rings (SSSR count). The van der Waals surface area contributed by atoms with E-state index < -0.39 is 22.8 Å². The number of rotatable bonds is 2. The molecule has 1 aromatic carbocycles. The molecule has 1 aliphatic carbocycles. The summed E-state index contributed by atoms with van der Waals surface area (Å²) < 4.78 is 5.85. The molecule has 2 aromatic rings. The van der Waals surface area contributed by atoms with Crippen molar-refractivity contribution >= 4 is 11.7 Å². The van der Waals surface area contributed by atoms with Gasteiger partial charge in [-0.2, -0.15) is 0 Å². The summed E-state index contributed by atoms with van der Waals surface area (Å²) in [5.74, 6) is -0.214. The molecule has 1 saturated carbocycles. The topological polar surface area (TPSA) is 129 Å². The molecule has 1 aromatic heterocycles. The number of carbonyl (C=O) groups is 1. The first-order chi connectivity index (χ1) is 13.0. The van der Waals surface area contributed by atoms with Crippen molar-refractivity contribution in [2.24, 2.45) is 17.6 Å². The van der Waals surface area contributed by atoms with Crippen LogP contribution in [0.5, 0.6) is 11.5 Å². The Bertz CT molecular complexity index is 1020. The average molecular weight is 369 g/mol. The van der Waals surface area contributed by atoms with E-state index in [0.29, 0.717) is 46.9 Å². The second kappa shape index (κ2) is 5.50. The smallest absolute Gasteiger partial charge is 0.345 e. The molecule has 1 saturated heterocycles. The number of piperidine rings is 1. The summed E-state index contributed by atoms with van der Waals surface area (Å²) in [4.78, 5) is 28.3. The lowest BCUT2D eigenvalue weighted by molar-refractivity contribution is 0.0691. The molecule has 0 spiro atoms. The number of benzene rings is 1. The largest absolute Gasteiger partial charge is 0.506 e. The van der Waals surface area contributed by atoms with Crippen molar-refractivity contribution in [2.75, 3.05) is 24.6 Å². The molecule has 8 nitrogen and oxygen atoms in total. The number of aromatic amines is 1. The maximum Gasteiger partial charge on any atom is 0.345 e. The van der Waals surface area contributed by atoms with Gasteiger partial charge in [-0.15, -0.1) is 0 Å². The highest BCUT2D eigenvalue weighted by molar-refractivity contribution is 5.92. The number of hydrogen-bond acceptors (Lipinski definition) is 6. The maximum absolute atomic E-state index is 12.2. The van der Waals surface area contributed by atoms with E-state index in [2.05, 4.69) is 9.88 Å². The van der Waals surface area contributed by atoms with Crippen molar-refractivity contribution < 1.29 is 19.7 Å². The highest BCUT2D eigenvalue weighted by Crippen LogP contribution is 2.46. The Morgan fingerprint density at radius 1 is 1.30 bits per heavy atom. The first-order valence-electron chi connectivity index (χ1n) is 8.95. The summed E-state index contributed by atoms with van der Waals surface area (Å²) in [7, 11) is 0. The van der Waals surface area contributed by atoms with E-state index in [4.69, 9.17) is 10.5 Å². The number of nitrogens with zero attached hydrogens (tertiary/aromatic N) is 1. The van der Waals surface area contributed by atoms with Gasteiger partial charge in [0.25, 0.3) is 5.56 Å². The molecule has 0 amide bonds. The molecule has 0 radical (unpaired) electrons. The monoisotopic (exact) mass is 369 g/mol. The quantitative estimate of drug-likeness (QED) is 0.615. The normalized spacial score (nSPS) is 25.1. The van der Waals surface area contributed by atoms with Crippen molar-refractivity contribution in [1.29, 1.82) is 0 Å². The SMILES string of the molecule is NC1[C@H]2CN(c3ccc4c(c3)OCCc3c-4[nH]c(=O)c(C(=O)O)c3O)C[C@@H]12. The van der Waals surface area contributed by atoms with Crippen molar-refractivity contribution in [1.82, 2.24) is 4.98 Å². The van der Waals surface area contributed by atoms with Crippen LogP contribution in [-0.4, -0.2) is 46.9 Å². The molecule has 2 aliphatic heterocycles. The van der Waals surface area contributed by atoms with E-state index in [1.807, 2.05) is 18.2 Å². The molecular formula is C19H19N3O5. The van der Waals surface area contributed by atoms with Crippen molar-refractivity contribution in [3.05, 3.63) is 39.7 Å². The second-order valence-corrected chi connectivity index (χ2v) is 7.43. The van der Waals surface area contributed by atoms with Crippen molar-refractivity contribution in [2.45, 2.75) is 12.5 Å². The molecule has 1 unspecified atom stereocenters. The van der Waals surface area contributed by atoms with Gasteiger partial charge in [-0.1, -0.05) is 0 Å². The highest BCUT2D eigenvalue weighted by atomic mass is 16.5. The predicted molar refractivity (Wildman–Crippen MR) is 97.5 cm³/mol. The summed E-state index contributed by atoms with van der Waals surface area (Å²) >= 11 is 0. The lowest BCUT2D eigenvalue weighted by Crippen LogP contribution is -2.27. The fourth-order valence-electron chi connectivity index (χ4n) is 4.38. The van der Waals surface area contributed by atoms with Crippen molar-refractivity contribution in [3.63, 3.8) is 0 Å². The Hall–Kier alpha value is -3.00. The Morgan fingerprint density at radius 2 is 2.04 bits per heavy atom. The number of ether oxygens (including phenoxy) is 1. The summed E-state index contributed by atoms with van der Waals surface area (Å²) in [5, 5.41) is 19.5. The van der Waals surface area contributed by atoms with E-state index in [1.165, 1.54) is 0 Å². The van der Waals surface area contributed by atoms with Gasteiger partial charge in [0.2, 0.25) is 0 Å². The van der Waals surface area contributed by atoms with Gasteiger partial charge in [-0.3, -0.25) is 4.79 Å². The van der Waals surface area contributed by atoms with Gasteiger partial charge in [-0.25, -0.2) is 4.79 Å². The number of nitrogens with two attached hydrogens (primary N) is 1. The number of hydrogen-bond donors (Lipinski definition) is 4. The minimum atomic E-state index is -1.46. The van der Waals surface area contributed by atoms with Gasteiger partial charge in [0, 0.05) is 48.4 Å². The van der Waals surface area contributed by atoms with Crippen LogP contribution >= 0.6 is 0 Å². The number of nitrogens with one attached hydrogen (secondary N) is 1. The van der Waals surface area contributed by atoms with Crippen LogP contribution in [0.4, 0.5) is 5.69 Å². The Morgan fingerprint density at radius 3 is 2.74 bits per heavy atom. The molecule has 0 bridgehead atoms. The number of anilines is 1. The second-order valence-electron chi connectivity index (χ2n) is 7.43. The molecule has 5 N–H and O–H groups in total. The van der Waals surface area contributed by atoms with Gasteiger partial charge < -0.3 is 30.6 Å². The van der Waals surface area contributed by atoms with Gasteiger partial charge in [0.15, 0.2) is 5.56 Å². The lowest BCUT2D eigenvalue weighted by atomic mass is 10.00. The van der Waals surface area contributed by atoms with E-state index in [-0.39, 0.29) is 6.61 Å². The molecule has 27 heavy (non-hydrogen) atoms. The summed E-state index contributed by atoms with van der Waals surface area (Å²) in [6, 6.07) is 6.05. The summed E-state index contributed by atoms with van der Waals surface area (Å²) in [5.41, 5.74) is 7.00. The minimum absolute atomic E-state index is 0.276. The zero-order valence-corrected chi connectivity index (χ0v) is 14.4. The Kier molecular flexibility index (Phi) is 3.30. The van der Waals surface area contributed by atoms with E-state index in [0.717, 1.165) is 18.8 Å². The lowest BCUT2D eigenvalue weighted by Gasteiger charge is -2.22. The predicted octanol–water partition coefficient (Wildman–Crippen LogP) is 0.774. The standard InChI is InChI=1S/C19H19N3O5/c20-15-11-6-22(7-12(11)15)8-1-2-9-13(5-8)27-4-3-10-16(9)21-18(24)14(17(10)23)19(25)26/h1-2,5,11-12,15H,3-4,6-7,20H2,(H,25,26)(H2,21,23,24)/t11-,12+,15?. The number of aromatic carboxylic acids is 1. The molecule has 3 heterocycles. The fraction of sp³-hybridized carbons (Fsp3) is 0.368. The molecule has 3 atom stereocenters. The Balaban J connectivity index is 1.57. The maximum atomic E-state index is 12.2. The van der Waals surface area contributed by atoms with Crippen LogP contribution in [0.2, 0.25) is 0 Å². The van der Waals surface area contributed by atoms with Gasteiger partial charge >= 0.3 is 5.97 Å². The van der Waals surface area contributed by atoms with E-state index >= 15 is 0 Å². The molecule has 140 valence electrons. The number of carboxylic acid groups (broad SMARTS) is 1. The van der Waals surface area contributed by atoms with Gasteiger partial charge in [0.05, 0.1) is 12.3 Å². The zero-order chi connectivity index (χ0) is 18.9. The van der Waals surface area contributed by atoms with Gasteiger partial charge in [0.1, 0.15) is 11.5 Å². The molecule has 3 aliphatic rings. The first kappa shape index (κ1) is 16.2. The number of H-pyrrole nitrogens is 1. The number of pyridine rings is 1. The average Bonchev–Trinajstić information content (AvgIpc) is 3.06. The van der Waals surface area contributed by atoms with Crippen LogP contribution in [0.25, 0.3) is 11.3 Å². The number of aromatic hydroxyl groups is 1. The van der Waals surface area contributed by atoms with E-state index in [9.17, 15) is 19.8 Å². The van der Waals surface area contributed by atoms with Crippen LogP contribution in [0.1, 0.15) is 15.9 Å².